The van der Waals surface area contributed by atoms with E-state index in [2.05, 4.69) is 10.6 Å². The van der Waals surface area contributed by atoms with E-state index in [0.717, 1.165) is 16.8 Å². The monoisotopic (exact) mass is 252 g/mol. The SMILES string of the molecule is Cc1cccc(C)c1NC(=O)NC(C)(CO)CO. The Hall–Kier alpha value is -1.59. The molecule has 1 aromatic rings. The van der Waals surface area contributed by atoms with Gasteiger partial charge in [0.1, 0.15) is 0 Å². The fraction of sp³-hybridized carbons (Fsp3) is 0.462. The van der Waals surface area contributed by atoms with Gasteiger partial charge < -0.3 is 20.8 Å². The Balaban J connectivity index is 2.77. The van der Waals surface area contributed by atoms with Crippen molar-refractivity contribution in [3.05, 3.63) is 29.3 Å². The van der Waals surface area contributed by atoms with Crippen LogP contribution < -0.4 is 10.6 Å². The summed E-state index contributed by atoms with van der Waals surface area (Å²) in [7, 11) is 0. The van der Waals surface area contributed by atoms with Gasteiger partial charge in [0.2, 0.25) is 0 Å². The maximum atomic E-state index is 11.8. The van der Waals surface area contributed by atoms with E-state index in [1.807, 2.05) is 32.0 Å². The fourth-order valence-corrected chi connectivity index (χ4v) is 1.56. The molecule has 0 atom stereocenters. The number of rotatable bonds is 4. The lowest BCUT2D eigenvalue weighted by atomic mass is 10.1. The number of aliphatic hydroxyl groups is 2. The lowest BCUT2D eigenvalue weighted by molar-refractivity contribution is 0.111. The van der Waals surface area contributed by atoms with E-state index in [1.165, 1.54) is 0 Å². The Morgan fingerprint density at radius 1 is 1.22 bits per heavy atom. The first kappa shape index (κ1) is 14.5. The summed E-state index contributed by atoms with van der Waals surface area (Å²) in [5, 5.41) is 23.5. The lowest BCUT2D eigenvalue weighted by Gasteiger charge is -2.26. The molecule has 18 heavy (non-hydrogen) atoms. The number of para-hydroxylation sites is 1. The number of benzene rings is 1. The lowest BCUT2D eigenvalue weighted by Crippen LogP contribution is -2.53. The van der Waals surface area contributed by atoms with Gasteiger partial charge in [-0.3, -0.25) is 0 Å². The van der Waals surface area contributed by atoms with Crippen LogP contribution in [0.25, 0.3) is 0 Å². The van der Waals surface area contributed by atoms with Crippen molar-refractivity contribution < 1.29 is 15.0 Å². The molecule has 4 N–H and O–H groups in total. The van der Waals surface area contributed by atoms with Crippen molar-refractivity contribution in [2.24, 2.45) is 0 Å². The van der Waals surface area contributed by atoms with Crippen molar-refractivity contribution in [1.29, 1.82) is 0 Å². The molecule has 1 aromatic carbocycles. The third kappa shape index (κ3) is 3.45. The van der Waals surface area contributed by atoms with Crippen LogP contribution in [0.4, 0.5) is 10.5 Å². The van der Waals surface area contributed by atoms with Gasteiger partial charge in [0.15, 0.2) is 0 Å². The van der Waals surface area contributed by atoms with E-state index in [4.69, 9.17) is 10.2 Å². The van der Waals surface area contributed by atoms with Crippen LogP contribution in [0.5, 0.6) is 0 Å². The van der Waals surface area contributed by atoms with Crippen molar-refractivity contribution in [2.75, 3.05) is 18.5 Å². The summed E-state index contributed by atoms with van der Waals surface area (Å²) in [6.45, 7) is 4.71. The van der Waals surface area contributed by atoms with Crippen molar-refractivity contribution >= 4 is 11.7 Å². The number of anilines is 1. The Morgan fingerprint density at radius 3 is 2.17 bits per heavy atom. The maximum absolute atomic E-state index is 11.8. The molecule has 0 heterocycles. The maximum Gasteiger partial charge on any atom is 0.319 e. The molecule has 1 rings (SSSR count). The highest BCUT2D eigenvalue weighted by Gasteiger charge is 2.24. The van der Waals surface area contributed by atoms with Crippen molar-refractivity contribution in [3.63, 3.8) is 0 Å². The minimum atomic E-state index is -1.03. The van der Waals surface area contributed by atoms with Crippen LogP contribution in [0.3, 0.4) is 0 Å². The molecule has 0 fully saturated rings. The summed E-state index contributed by atoms with van der Waals surface area (Å²) in [5.74, 6) is 0. The van der Waals surface area contributed by atoms with E-state index in [-0.39, 0.29) is 13.2 Å². The van der Waals surface area contributed by atoms with Crippen molar-refractivity contribution in [1.82, 2.24) is 5.32 Å². The molecule has 100 valence electrons. The number of aliphatic hydroxyl groups excluding tert-OH is 2. The summed E-state index contributed by atoms with van der Waals surface area (Å²) >= 11 is 0. The summed E-state index contributed by atoms with van der Waals surface area (Å²) in [5.41, 5.74) is 1.63. The second kappa shape index (κ2) is 5.84. The second-order valence-corrected chi connectivity index (χ2v) is 4.72. The number of aryl methyl sites for hydroxylation is 2. The van der Waals surface area contributed by atoms with Crippen LogP contribution in [-0.4, -0.2) is 35.0 Å². The van der Waals surface area contributed by atoms with Gasteiger partial charge in [-0.05, 0) is 31.9 Å². The number of amides is 2. The molecule has 5 nitrogen and oxygen atoms in total. The Labute approximate surface area is 107 Å². The molecule has 0 spiro atoms. The number of hydrogen-bond donors (Lipinski definition) is 4. The number of carbonyl (C=O) groups is 1. The normalized spacial score (nSPS) is 11.2. The highest BCUT2D eigenvalue weighted by Crippen LogP contribution is 2.19. The highest BCUT2D eigenvalue weighted by molar-refractivity contribution is 5.91. The van der Waals surface area contributed by atoms with E-state index in [9.17, 15) is 4.79 Å². The summed E-state index contributed by atoms with van der Waals surface area (Å²) in [4.78, 5) is 11.8. The predicted molar refractivity (Wildman–Crippen MR) is 70.6 cm³/mol. The number of nitrogens with one attached hydrogen (secondary N) is 2. The average Bonchev–Trinajstić information content (AvgIpc) is 2.34. The standard InChI is InChI=1S/C13H20N2O3/c1-9-5-4-6-10(2)11(9)14-12(18)15-13(3,7-16)8-17/h4-6,16-17H,7-8H2,1-3H3,(H2,14,15,18). The van der Waals surface area contributed by atoms with Gasteiger partial charge in [-0.15, -0.1) is 0 Å². The number of carbonyl (C=O) groups excluding carboxylic acids is 1. The average molecular weight is 252 g/mol. The third-order valence-corrected chi connectivity index (χ3v) is 2.83. The van der Waals surface area contributed by atoms with Crippen molar-refractivity contribution in [3.8, 4) is 0 Å². The Morgan fingerprint density at radius 2 is 1.72 bits per heavy atom. The van der Waals surface area contributed by atoms with Crippen LogP contribution in [0.2, 0.25) is 0 Å². The highest BCUT2D eigenvalue weighted by atomic mass is 16.3. The smallest absolute Gasteiger partial charge is 0.319 e. The van der Waals surface area contributed by atoms with Gasteiger partial charge in [-0.2, -0.15) is 0 Å². The molecule has 0 aliphatic heterocycles. The van der Waals surface area contributed by atoms with Gasteiger partial charge in [0.25, 0.3) is 0 Å². The van der Waals surface area contributed by atoms with E-state index in [0.29, 0.717) is 0 Å². The fourth-order valence-electron chi connectivity index (χ4n) is 1.56. The predicted octanol–water partition coefficient (Wildman–Crippen LogP) is 1.17. The van der Waals surface area contributed by atoms with E-state index < -0.39 is 11.6 Å². The summed E-state index contributed by atoms with van der Waals surface area (Å²) in [6, 6.07) is 5.28. The molecule has 0 unspecified atom stereocenters. The summed E-state index contributed by atoms with van der Waals surface area (Å²) < 4.78 is 0. The number of hydrogen-bond acceptors (Lipinski definition) is 3. The van der Waals surface area contributed by atoms with Crippen LogP contribution in [0.1, 0.15) is 18.1 Å². The Kier molecular flexibility index (Phi) is 4.69. The van der Waals surface area contributed by atoms with Gasteiger partial charge in [-0.1, -0.05) is 18.2 Å². The zero-order valence-corrected chi connectivity index (χ0v) is 10.9. The molecule has 0 aliphatic rings. The topological polar surface area (TPSA) is 81.6 Å². The van der Waals surface area contributed by atoms with E-state index in [1.54, 1.807) is 6.92 Å². The molecular weight excluding hydrogens is 232 g/mol. The number of urea groups is 1. The van der Waals surface area contributed by atoms with Gasteiger partial charge in [0.05, 0.1) is 18.8 Å². The minimum Gasteiger partial charge on any atom is -0.394 e. The van der Waals surface area contributed by atoms with Crippen LogP contribution in [-0.2, 0) is 0 Å². The molecule has 5 heteroatoms. The molecule has 2 amide bonds. The zero-order valence-electron chi connectivity index (χ0n) is 10.9. The zero-order chi connectivity index (χ0) is 13.8. The quantitative estimate of drug-likeness (QED) is 0.649. The molecule has 0 saturated carbocycles. The molecule has 0 saturated heterocycles. The van der Waals surface area contributed by atoms with Crippen LogP contribution in [0.15, 0.2) is 18.2 Å². The molecular formula is C13H20N2O3. The molecule has 0 aromatic heterocycles. The second-order valence-electron chi connectivity index (χ2n) is 4.72. The summed E-state index contributed by atoms with van der Waals surface area (Å²) in [6.07, 6.45) is 0. The largest absolute Gasteiger partial charge is 0.394 e. The first-order valence-corrected chi connectivity index (χ1v) is 5.79. The van der Waals surface area contributed by atoms with E-state index >= 15 is 0 Å². The minimum absolute atomic E-state index is 0.330. The Bertz CT molecular complexity index is 408. The van der Waals surface area contributed by atoms with Gasteiger partial charge in [-0.25, -0.2) is 4.79 Å². The molecule has 0 aliphatic carbocycles. The van der Waals surface area contributed by atoms with Gasteiger partial charge in [0, 0.05) is 5.69 Å². The first-order chi connectivity index (χ1) is 8.41. The van der Waals surface area contributed by atoms with Crippen LogP contribution in [0, 0.1) is 13.8 Å². The third-order valence-electron chi connectivity index (χ3n) is 2.83. The molecule has 0 bridgehead atoms. The van der Waals surface area contributed by atoms with Crippen LogP contribution >= 0.6 is 0 Å². The first-order valence-electron chi connectivity index (χ1n) is 5.79. The van der Waals surface area contributed by atoms with Gasteiger partial charge >= 0.3 is 6.03 Å². The van der Waals surface area contributed by atoms with Crippen molar-refractivity contribution in [2.45, 2.75) is 26.3 Å². The molecule has 0 radical (unpaired) electrons.